The van der Waals surface area contributed by atoms with E-state index in [4.69, 9.17) is 21.5 Å². The minimum absolute atomic E-state index is 0.0934. The van der Waals surface area contributed by atoms with Crippen LogP contribution in [-0.4, -0.2) is 95.1 Å². The number of rotatable bonds is 5. The summed E-state index contributed by atoms with van der Waals surface area (Å²) in [4.78, 5) is 28.2. The molecular formula is C24H29ClF3N5O5S. The van der Waals surface area contributed by atoms with E-state index in [1.165, 1.54) is 0 Å². The first-order valence-electron chi connectivity index (χ1n) is 11.9. The van der Waals surface area contributed by atoms with Gasteiger partial charge in [0.1, 0.15) is 0 Å². The van der Waals surface area contributed by atoms with Crippen molar-refractivity contribution in [3.05, 3.63) is 53.1 Å². The minimum atomic E-state index is -5.08. The number of sulfonamides is 1. The lowest BCUT2D eigenvalue weighted by atomic mass is 10.1. The summed E-state index contributed by atoms with van der Waals surface area (Å²) < 4.78 is 58.3. The molecule has 3 N–H and O–H groups in total. The summed E-state index contributed by atoms with van der Waals surface area (Å²) in [6.45, 7) is 5.84. The van der Waals surface area contributed by atoms with Gasteiger partial charge in [0.05, 0.1) is 17.6 Å². The summed E-state index contributed by atoms with van der Waals surface area (Å²) in [6, 6.07) is 13.0. The fourth-order valence-corrected chi connectivity index (χ4v) is 4.82. The third-order valence-electron chi connectivity index (χ3n) is 6.00. The molecule has 2 heterocycles. The first-order valence-corrected chi connectivity index (χ1v) is 14.2. The van der Waals surface area contributed by atoms with Crippen molar-refractivity contribution in [2.45, 2.75) is 6.18 Å². The number of hydrogen-bond donors (Lipinski definition) is 3. The van der Waals surface area contributed by atoms with Gasteiger partial charge in [0.2, 0.25) is 10.0 Å². The van der Waals surface area contributed by atoms with Crippen molar-refractivity contribution in [1.82, 2.24) is 10.2 Å². The van der Waals surface area contributed by atoms with Gasteiger partial charge in [-0.3, -0.25) is 9.52 Å². The highest BCUT2D eigenvalue weighted by molar-refractivity contribution is 7.92. The molecule has 10 nitrogen and oxygen atoms in total. The van der Waals surface area contributed by atoms with Crippen molar-refractivity contribution in [1.29, 1.82) is 0 Å². The molecule has 4 rings (SSSR count). The highest BCUT2D eigenvalue weighted by Crippen LogP contribution is 2.29. The summed E-state index contributed by atoms with van der Waals surface area (Å²) in [7, 11) is -3.48. The van der Waals surface area contributed by atoms with E-state index < -0.39 is 22.2 Å². The minimum Gasteiger partial charge on any atom is -0.475 e. The Kier molecular flexibility index (Phi) is 9.91. The predicted molar refractivity (Wildman–Crippen MR) is 143 cm³/mol. The van der Waals surface area contributed by atoms with Gasteiger partial charge in [0.15, 0.2) is 0 Å². The summed E-state index contributed by atoms with van der Waals surface area (Å²) in [6.07, 6.45) is -3.96. The van der Waals surface area contributed by atoms with E-state index in [2.05, 4.69) is 19.8 Å². The first kappa shape index (κ1) is 30.3. The number of alkyl halides is 3. The topological polar surface area (TPSA) is 122 Å². The van der Waals surface area contributed by atoms with Crippen LogP contribution in [0.25, 0.3) is 0 Å². The molecule has 39 heavy (non-hydrogen) atoms. The smallest absolute Gasteiger partial charge is 0.475 e. The van der Waals surface area contributed by atoms with Crippen molar-refractivity contribution in [2.24, 2.45) is 0 Å². The van der Waals surface area contributed by atoms with Gasteiger partial charge in [0, 0.05) is 68.6 Å². The monoisotopic (exact) mass is 591 g/mol. The van der Waals surface area contributed by atoms with E-state index in [0.717, 1.165) is 56.9 Å². The van der Waals surface area contributed by atoms with Crippen molar-refractivity contribution in [2.75, 3.05) is 73.1 Å². The van der Waals surface area contributed by atoms with E-state index in [9.17, 15) is 26.4 Å². The Labute approximate surface area is 229 Å². The average molecular weight is 592 g/mol. The second kappa shape index (κ2) is 12.7. The molecule has 0 aromatic heterocycles. The molecular weight excluding hydrogens is 563 g/mol. The van der Waals surface area contributed by atoms with Crippen molar-refractivity contribution < 1.29 is 36.3 Å². The Morgan fingerprint density at radius 3 is 2.03 bits per heavy atom. The maximum atomic E-state index is 13.2. The van der Waals surface area contributed by atoms with Crippen LogP contribution >= 0.6 is 11.6 Å². The lowest BCUT2D eigenvalue weighted by molar-refractivity contribution is -0.192. The van der Waals surface area contributed by atoms with Crippen LogP contribution in [0.4, 0.5) is 30.2 Å². The second-order valence-corrected chi connectivity index (χ2v) is 11.1. The number of aliphatic carboxylic acids is 1. The van der Waals surface area contributed by atoms with E-state index in [0.29, 0.717) is 29.4 Å². The van der Waals surface area contributed by atoms with Gasteiger partial charge in [-0.25, -0.2) is 13.2 Å². The standard InChI is InChI=1S/C22H28ClN5O3S.C2HF3O2/c1-32(30,31)25-20-16-17(2-7-21(20)27-10-8-24-9-11-27)22(29)28-14-12-26(13-15-28)19-5-3-18(23)4-6-19;3-2(4,5)1(6)7/h2-7,16,24-25H,8-15H2,1H3;(H,6,7). The lowest BCUT2D eigenvalue weighted by Gasteiger charge is -2.36. The number of piperazine rings is 2. The molecule has 2 aliphatic heterocycles. The van der Waals surface area contributed by atoms with E-state index >= 15 is 0 Å². The molecule has 2 saturated heterocycles. The van der Waals surface area contributed by atoms with Crippen LogP contribution in [0, 0.1) is 0 Å². The summed E-state index contributed by atoms with van der Waals surface area (Å²) in [5.41, 5.74) is 2.80. The van der Waals surface area contributed by atoms with Crippen molar-refractivity contribution in [3.63, 3.8) is 0 Å². The van der Waals surface area contributed by atoms with Crippen LogP contribution in [0.15, 0.2) is 42.5 Å². The van der Waals surface area contributed by atoms with Gasteiger partial charge < -0.3 is 25.1 Å². The molecule has 2 aromatic rings. The number of benzene rings is 2. The van der Waals surface area contributed by atoms with Crippen LogP contribution in [0.3, 0.4) is 0 Å². The molecule has 1 amide bonds. The maximum absolute atomic E-state index is 13.2. The maximum Gasteiger partial charge on any atom is 0.490 e. The number of anilines is 3. The lowest BCUT2D eigenvalue weighted by Crippen LogP contribution is -2.48. The fourth-order valence-electron chi connectivity index (χ4n) is 4.13. The average Bonchev–Trinajstić information content (AvgIpc) is 2.88. The number of hydrogen-bond acceptors (Lipinski definition) is 7. The zero-order chi connectivity index (χ0) is 28.8. The summed E-state index contributed by atoms with van der Waals surface area (Å²) in [5, 5.41) is 11.1. The number of carboxylic acids is 1. The molecule has 2 aliphatic rings. The molecule has 2 fully saturated rings. The van der Waals surface area contributed by atoms with Gasteiger partial charge in [-0.05, 0) is 42.5 Å². The quantitative estimate of drug-likeness (QED) is 0.485. The number of carbonyl (C=O) groups is 2. The molecule has 0 aliphatic carbocycles. The predicted octanol–water partition coefficient (Wildman–Crippen LogP) is 2.72. The molecule has 214 valence electrons. The number of carboxylic acid groups (broad SMARTS) is 1. The van der Waals surface area contributed by atoms with Gasteiger partial charge in [0.25, 0.3) is 5.91 Å². The molecule has 0 spiro atoms. The third-order valence-corrected chi connectivity index (χ3v) is 6.84. The van der Waals surface area contributed by atoms with Gasteiger partial charge >= 0.3 is 12.1 Å². The number of amides is 1. The second-order valence-electron chi connectivity index (χ2n) is 8.90. The van der Waals surface area contributed by atoms with Crippen molar-refractivity contribution >= 4 is 50.6 Å². The van der Waals surface area contributed by atoms with E-state index in [1.807, 2.05) is 35.2 Å². The number of carbonyl (C=O) groups excluding carboxylic acids is 1. The molecule has 0 saturated carbocycles. The molecule has 15 heteroatoms. The molecule has 0 unspecified atom stereocenters. The molecule has 0 radical (unpaired) electrons. The first-order chi connectivity index (χ1) is 18.2. The van der Waals surface area contributed by atoms with Crippen LogP contribution in [-0.2, 0) is 14.8 Å². The zero-order valence-electron chi connectivity index (χ0n) is 21.0. The van der Waals surface area contributed by atoms with Crippen molar-refractivity contribution in [3.8, 4) is 0 Å². The largest absolute Gasteiger partial charge is 0.490 e. The SMILES string of the molecule is CS(=O)(=O)Nc1cc(C(=O)N2CCN(c3ccc(Cl)cc3)CC2)ccc1N1CCNCC1.O=C(O)C(F)(F)F. The Morgan fingerprint density at radius 2 is 1.51 bits per heavy atom. The van der Waals surface area contributed by atoms with Crippen LogP contribution in [0.1, 0.15) is 10.4 Å². The highest BCUT2D eigenvalue weighted by Gasteiger charge is 2.38. The fraction of sp³-hybridized carbons (Fsp3) is 0.417. The Balaban J connectivity index is 0.000000532. The van der Waals surface area contributed by atoms with Gasteiger partial charge in [-0.2, -0.15) is 13.2 Å². The third kappa shape index (κ3) is 8.90. The number of halogens is 4. The Morgan fingerprint density at radius 1 is 0.949 bits per heavy atom. The zero-order valence-corrected chi connectivity index (χ0v) is 22.6. The van der Waals surface area contributed by atoms with Gasteiger partial charge in [-0.1, -0.05) is 11.6 Å². The Bertz CT molecular complexity index is 1260. The molecule has 0 atom stereocenters. The van der Waals surface area contributed by atoms with E-state index in [-0.39, 0.29) is 5.91 Å². The summed E-state index contributed by atoms with van der Waals surface area (Å²) in [5.74, 6) is -2.85. The van der Waals surface area contributed by atoms with Gasteiger partial charge in [-0.15, -0.1) is 0 Å². The number of nitrogens with one attached hydrogen (secondary N) is 2. The normalized spacial score (nSPS) is 16.3. The number of nitrogens with zero attached hydrogens (tertiary/aromatic N) is 3. The highest BCUT2D eigenvalue weighted by atomic mass is 35.5. The van der Waals surface area contributed by atoms with E-state index in [1.54, 1.807) is 12.1 Å². The van der Waals surface area contributed by atoms with Crippen LogP contribution in [0.2, 0.25) is 5.02 Å². The summed E-state index contributed by atoms with van der Waals surface area (Å²) >= 11 is 5.98. The molecule has 2 aromatic carbocycles. The van der Waals surface area contributed by atoms with Crippen LogP contribution in [0.5, 0.6) is 0 Å². The Hall–Kier alpha value is -3.23. The van der Waals surface area contributed by atoms with Crippen LogP contribution < -0.4 is 19.8 Å². The molecule has 0 bridgehead atoms.